The predicted octanol–water partition coefficient (Wildman–Crippen LogP) is 2.19. The van der Waals surface area contributed by atoms with E-state index < -0.39 is 0 Å². The van der Waals surface area contributed by atoms with E-state index >= 15 is 0 Å². The molecule has 2 unspecified atom stereocenters. The third-order valence-electron chi connectivity index (χ3n) is 3.92. The molecule has 4 nitrogen and oxygen atoms in total. The second-order valence-corrected chi connectivity index (χ2v) is 5.41. The van der Waals surface area contributed by atoms with E-state index in [1.807, 2.05) is 0 Å². The maximum Gasteiger partial charge on any atom is 0.409 e. The van der Waals surface area contributed by atoms with E-state index in [9.17, 15) is 4.79 Å². The molecule has 19 heavy (non-hydrogen) atoms. The second-order valence-electron chi connectivity index (χ2n) is 5.41. The largest absolute Gasteiger partial charge is 0.453 e. The molecule has 1 saturated heterocycles. The number of likely N-dealkylation sites (tertiary alicyclic amines) is 1. The van der Waals surface area contributed by atoms with Gasteiger partial charge in [0.2, 0.25) is 0 Å². The van der Waals surface area contributed by atoms with Crippen LogP contribution >= 0.6 is 0 Å². The first kappa shape index (κ1) is 13.9. The lowest BCUT2D eigenvalue weighted by Gasteiger charge is -2.35. The Balaban J connectivity index is 2.18. The standard InChI is InChI=1S/C15H22N2O2/c1-10-4-5-12(6-11(10)2)13-7-14(16)9-17(8-13)15(18)19-3/h4-6,13-14H,7-9,16H2,1-3H3. The first-order valence-electron chi connectivity index (χ1n) is 6.67. The maximum absolute atomic E-state index is 11.7. The summed E-state index contributed by atoms with van der Waals surface area (Å²) in [7, 11) is 1.41. The van der Waals surface area contributed by atoms with Crippen LogP contribution in [0.2, 0.25) is 0 Å². The molecule has 1 heterocycles. The van der Waals surface area contributed by atoms with E-state index in [0.717, 1.165) is 6.42 Å². The number of ether oxygens (including phenoxy) is 1. The van der Waals surface area contributed by atoms with Gasteiger partial charge in [-0.1, -0.05) is 18.2 Å². The van der Waals surface area contributed by atoms with Gasteiger partial charge in [0.05, 0.1) is 7.11 Å². The van der Waals surface area contributed by atoms with Crippen molar-refractivity contribution in [3.8, 4) is 0 Å². The average molecular weight is 262 g/mol. The van der Waals surface area contributed by atoms with E-state index in [1.165, 1.54) is 23.8 Å². The number of nitrogens with two attached hydrogens (primary N) is 1. The Morgan fingerprint density at radius 3 is 2.68 bits per heavy atom. The van der Waals surface area contributed by atoms with Gasteiger partial charge in [0.25, 0.3) is 0 Å². The molecule has 2 atom stereocenters. The van der Waals surface area contributed by atoms with Crippen LogP contribution in [0.4, 0.5) is 4.79 Å². The Morgan fingerprint density at radius 1 is 1.32 bits per heavy atom. The summed E-state index contributed by atoms with van der Waals surface area (Å²) in [6.07, 6.45) is 0.625. The SMILES string of the molecule is COC(=O)N1CC(N)CC(c2ccc(C)c(C)c2)C1. The number of carbonyl (C=O) groups is 1. The molecule has 1 aromatic carbocycles. The average Bonchev–Trinajstić information content (AvgIpc) is 2.40. The highest BCUT2D eigenvalue weighted by Gasteiger charge is 2.29. The highest BCUT2D eigenvalue weighted by Crippen LogP contribution is 2.28. The lowest BCUT2D eigenvalue weighted by molar-refractivity contribution is 0.106. The van der Waals surface area contributed by atoms with Crippen LogP contribution in [-0.4, -0.2) is 37.2 Å². The molecule has 2 N–H and O–H groups in total. The molecular weight excluding hydrogens is 240 g/mol. The molecule has 0 radical (unpaired) electrons. The van der Waals surface area contributed by atoms with Crippen molar-refractivity contribution in [3.63, 3.8) is 0 Å². The molecule has 0 spiro atoms. The van der Waals surface area contributed by atoms with E-state index in [4.69, 9.17) is 10.5 Å². The van der Waals surface area contributed by atoms with E-state index in [2.05, 4.69) is 32.0 Å². The molecule has 0 aromatic heterocycles. The zero-order valence-electron chi connectivity index (χ0n) is 11.8. The van der Waals surface area contributed by atoms with Crippen LogP contribution in [0.15, 0.2) is 18.2 Å². The molecule has 0 aliphatic carbocycles. The quantitative estimate of drug-likeness (QED) is 0.844. The predicted molar refractivity (Wildman–Crippen MR) is 75.2 cm³/mol. The first-order valence-corrected chi connectivity index (χ1v) is 6.67. The molecule has 1 amide bonds. The van der Waals surface area contributed by atoms with Gasteiger partial charge in [0.15, 0.2) is 0 Å². The normalized spacial score (nSPS) is 23.3. The number of nitrogens with zero attached hydrogens (tertiary/aromatic N) is 1. The van der Waals surface area contributed by atoms with Crippen molar-refractivity contribution in [1.29, 1.82) is 0 Å². The zero-order chi connectivity index (χ0) is 14.0. The molecule has 104 valence electrons. The van der Waals surface area contributed by atoms with E-state index in [1.54, 1.807) is 4.90 Å². The fourth-order valence-corrected chi connectivity index (χ4v) is 2.68. The number of hydrogen-bond donors (Lipinski definition) is 1. The molecule has 1 aliphatic rings. The number of hydrogen-bond acceptors (Lipinski definition) is 3. The Labute approximate surface area is 114 Å². The van der Waals surface area contributed by atoms with Crippen LogP contribution in [0.1, 0.15) is 29.0 Å². The van der Waals surface area contributed by atoms with Gasteiger partial charge in [-0.2, -0.15) is 0 Å². The summed E-state index contributed by atoms with van der Waals surface area (Å²) in [6.45, 7) is 5.48. The smallest absolute Gasteiger partial charge is 0.409 e. The maximum atomic E-state index is 11.7. The monoisotopic (exact) mass is 262 g/mol. The van der Waals surface area contributed by atoms with Gasteiger partial charge in [-0.3, -0.25) is 0 Å². The van der Waals surface area contributed by atoms with Gasteiger partial charge in [-0.25, -0.2) is 4.79 Å². The number of methoxy groups -OCH3 is 1. The molecule has 2 rings (SSSR count). The Morgan fingerprint density at radius 2 is 2.05 bits per heavy atom. The number of aryl methyl sites for hydroxylation is 2. The topological polar surface area (TPSA) is 55.6 Å². The van der Waals surface area contributed by atoms with Crippen molar-refractivity contribution < 1.29 is 9.53 Å². The Kier molecular flexibility index (Phi) is 4.10. The minimum absolute atomic E-state index is 0.0134. The van der Waals surface area contributed by atoms with Gasteiger partial charge < -0.3 is 15.4 Å². The van der Waals surface area contributed by atoms with Crippen LogP contribution in [0, 0.1) is 13.8 Å². The molecule has 1 fully saturated rings. The molecule has 4 heteroatoms. The minimum Gasteiger partial charge on any atom is -0.453 e. The van der Waals surface area contributed by atoms with Crippen molar-refractivity contribution >= 4 is 6.09 Å². The van der Waals surface area contributed by atoms with Crippen molar-refractivity contribution in [2.45, 2.75) is 32.2 Å². The Hall–Kier alpha value is -1.55. The van der Waals surface area contributed by atoms with Crippen LogP contribution in [0.25, 0.3) is 0 Å². The minimum atomic E-state index is -0.288. The molecular formula is C15H22N2O2. The highest BCUT2D eigenvalue weighted by molar-refractivity contribution is 5.67. The van der Waals surface area contributed by atoms with E-state index in [-0.39, 0.29) is 12.1 Å². The number of carbonyl (C=O) groups excluding carboxylic acids is 1. The van der Waals surface area contributed by atoms with Crippen LogP contribution < -0.4 is 5.73 Å². The Bertz CT molecular complexity index is 473. The third-order valence-corrected chi connectivity index (χ3v) is 3.92. The summed E-state index contributed by atoms with van der Waals surface area (Å²) in [5.74, 6) is 0.294. The lowest BCUT2D eigenvalue weighted by atomic mass is 9.87. The van der Waals surface area contributed by atoms with Crippen molar-refractivity contribution in [3.05, 3.63) is 34.9 Å². The van der Waals surface area contributed by atoms with Crippen molar-refractivity contribution in [2.75, 3.05) is 20.2 Å². The van der Waals surface area contributed by atoms with Crippen LogP contribution in [0.5, 0.6) is 0 Å². The number of benzene rings is 1. The van der Waals surface area contributed by atoms with Crippen molar-refractivity contribution in [2.24, 2.45) is 5.73 Å². The zero-order valence-corrected chi connectivity index (χ0v) is 11.8. The summed E-state index contributed by atoms with van der Waals surface area (Å²) in [5, 5.41) is 0. The van der Waals surface area contributed by atoms with Gasteiger partial charge in [0.1, 0.15) is 0 Å². The molecule has 1 aliphatic heterocycles. The van der Waals surface area contributed by atoms with E-state index in [0.29, 0.717) is 19.0 Å². The fourth-order valence-electron chi connectivity index (χ4n) is 2.68. The van der Waals surface area contributed by atoms with Gasteiger partial charge >= 0.3 is 6.09 Å². The fraction of sp³-hybridized carbons (Fsp3) is 0.533. The van der Waals surface area contributed by atoms with Crippen molar-refractivity contribution in [1.82, 2.24) is 4.90 Å². The highest BCUT2D eigenvalue weighted by atomic mass is 16.5. The number of rotatable bonds is 1. The molecule has 1 aromatic rings. The van der Waals surface area contributed by atoms with Crippen LogP contribution in [0.3, 0.4) is 0 Å². The molecule has 0 bridgehead atoms. The number of amides is 1. The molecule has 0 saturated carbocycles. The lowest BCUT2D eigenvalue weighted by Crippen LogP contribution is -2.48. The summed E-state index contributed by atoms with van der Waals surface area (Å²) in [6, 6.07) is 6.49. The summed E-state index contributed by atoms with van der Waals surface area (Å²) in [4.78, 5) is 13.4. The van der Waals surface area contributed by atoms with Gasteiger partial charge in [-0.15, -0.1) is 0 Å². The van der Waals surface area contributed by atoms with Gasteiger partial charge in [-0.05, 0) is 37.0 Å². The summed E-state index contributed by atoms with van der Waals surface area (Å²) >= 11 is 0. The number of piperidine rings is 1. The second kappa shape index (κ2) is 5.61. The third kappa shape index (κ3) is 3.07. The first-order chi connectivity index (χ1) is 9.01. The van der Waals surface area contributed by atoms with Crippen LogP contribution in [-0.2, 0) is 4.74 Å². The summed E-state index contributed by atoms with van der Waals surface area (Å²) < 4.78 is 4.80. The summed E-state index contributed by atoms with van der Waals surface area (Å²) in [5.41, 5.74) is 9.89. The van der Waals surface area contributed by atoms with Gasteiger partial charge in [0, 0.05) is 25.0 Å².